The maximum atomic E-state index is 9.77. The molecule has 0 amide bonds. The second-order valence-electron chi connectivity index (χ2n) is 5.47. The van der Waals surface area contributed by atoms with Crippen LogP contribution in [0.3, 0.4) is 0 Å². The minimum absolute atomic E-state index is 0.148. The largest absolute Gasteiger partial charge is 0.505 e. The third kappa shape index (κ3) is 4.84. The van der Waals surface area contributed by atoms with Gasteiger partial charge in [-0.3, -0.25) is 0 Å². The average Bonchev–Trinajstić information content (AvgIpc) is 2.78. The highest BCUT2D eigenvalue weighted by atomic mass is 79.9. The van der Waals surface area contributed by atoms with Crippen LogP contribution in [0.2, 0.25) is 0 Å². The van der Waals surface area contributed by atoms with Gasteiger partial charge in [0.25, 0.3) is 0 Å². The quantitative estimate of drug-likeness (QED) is 0.674. The van der Waals surface area contributed by atoms with Crippen LogP contribution in [0.4, 0.5) is 0 Å². The van der Waals surface area contributed by atoms with Crippen molar-refractivity contribution < 1.29 is 9.84 Å². The van der Waals surface area contributed by atoms with Gasteiger partial charge < -0.3 is 9.84 Å². The monoisotopic (exact) mass is 453 g/mol. The van der Waals surface area contributed by atoms with Gasteiger partial charge in [0.15, 0.2) is 5.76 Å². The van der Waals surface area contributed by atoms with Gasteiger partial charge in [0.1, 0.15) is 5.69 Å². The Balaban J connectivity index is 1.62. The van der Waals surface area contributed by atoms with Crippen LogP contribution in [-0.4, -0.2) is 26.9 Å². The first-order valence-corrected chi connectivity index (χ1v) is 9.30. The summed E-state index contributed by atoms with van der Waals surface area (Å²) in [5.41, 5.74) is 2.45. The molecule has 26 heavy (non-hydrogen) atoms. The van der Waals surface area contributed by atoms with E-state index in [1.807, 2.05) is 24.3 Å². The minimum Gasteiger partial charge on any atom is -0.505 e. The van der Waals surface area contributed by atoms with E-state index in [4.69, 9.17) is 27.9 Å². The first kappa shape index (κ1) is 18.9. The summed E-state index contributed by atoms with van der Waals surface area (Å²) in [5, 5.41) is 18.2. The van der Waals surface area contributed by atoms with E-state index in [9.17, 15) is 5.11 Å². The van der Waals surface area contributed by atoms with Gasteiger partial charge in [-0.1, -0.05) is 62.4 Å². The zero-order chi connectivity index (χ0) is 18.5. The second kappa shape index (κ2) is 8.66. The number of aromatic nitrogens is 3. The van der Waals surface area contributed by atoms with Gasteiger partial charge in [0.05, 0.1) is 22.9 Å². The molecule has 1 N–H and O–H groups in total. The van der Waals surface area contributed by atoms with Gasteiger partial charge in [-0.2, -0.15) is 0 Å². The van der Waals surface area contributed by atoms with Crippen LogP contribution in [0.25, 0.3) is 5.57 Å². The summed E-state index contributed by atoms with van der Waals surface area (Å²) in [4.78, 5) is 4.17. The Kier molecular flexibility index (Phi) is 6.29. The highest BCUT2D eigenvalue weighted by molar-refractivity contribution is 9.10. The molecule has 0 saturated heterocycles. The molecule has 8 heteroatoms. The zero-order valence-electron chi connectivity index (χ0n) is 13.5. The van der Waals surface area contributed by atoms with E-state index in [2.05, 4.69) is 31.1 Å². The molecule has 0 unspecified atom stereocenters. The molecule has 1 aliphatic carbocycles. The standard InChI is InChI=1S/C18H14BrCl2N3O2/c19-13-4-1-11(2-5-13)7-8-26-18-22-10-16(23-24-18)12-3-6-14(20)17(25)15(21)9-12/h1-2,4-6,9-10,25H,3,7-8H2. The average molecular weight is 455 g/mol. The smallest absolute Gasteiger partial charge is 0.335 e. The number of benzene rings is 1. The summed E-state index contributed by atoms with van der Waals surface area (Å²) in [5.74, 6) is -0.155. The topological polar surface area (TPSA) is 68.1 Å². The number of halogens is 3. The lowest BCUT2D eigenvalue weighted by Crippen LogP contribution is -2.06. The number of ether oxygens (including phenoxy) is 1. The first-order chi connectivity index (χ1) is 12.5. The highest BCUT2D eigenvalue weighted by Crippen LogP contribution is 2.30. The van der Waals surface area contributed by atoms with E-state index >= 15 is 0 Å². The molecule has 0 bridgehead atoms. The van der Waals surface area contributed by atoms with Crippen LogP contribution >= 0.6 is 39.1 Å². The molecular weight excluding hydrogens is 441 g/mol. The van der Waals surface area contributed by atoms with Gasteiger partial charge in [-0.05, 0) is 35.8 Å². The molecule has 1 aliphatic rings. The molecule has 1 aromatic heterocycles. The Morgan fingerprint density at radius 3 is 2.62 bits per heavy atom. The van der Waals surface area contributed by atoms with Crippen molar-refractivity contribution in [2.75, 3.05) is 6.61 Å². The highest BCUT2D eigenvalue weighted by Gasteiger charge is 2.14. The van der Waals surface area contributed by atoms with Crippen molar-refractivity contribution in [2.45, 2.75) is 12.8 Å². The van der Waals surface area contributed by atoms with E-state index in [0.717, 1.165) is 22.0 Å². The molecule has 134 valence electrons. The van der Waals surface area contributed by atoms with Gasteiger partial charge in [0, 0.05) is 10.9 Å². The predicted octanol–water partition coefficient (Wildman–Crippen LogP) is 5.17. The molecule has 2 aromatic rings. The van der Waals surface area contributed by atoms with Crippen LogP contribution in [-0.2, 0) is 6.42 Å². The molecule has 0 radical (unpaired) electrons. The van der Waals surface area contributed by atoms with Gasteiger partial charge >= 0.3 is 6.01 Å². The fourth-order valence-corrected chi connectivity index (χ4v) is 2.98. The number of aliphatic hydroxyl groups excluding tert-OH is 1. The molecule has 0 aliphatic heterocycles. The third-order valence-electron chi connectivity index (χ3n) is 3.66. The fourth-order valence-electron chi connectivity index (χ4n) is 2.26. The van der Waals surface area contributed by atoms with Crippen molar-refractivity contribution in [3.8, 4) is 6.01 Å². The number of rotatable bonds is 5. The predicted molar refractivity (Wildman–Crippen MR) is 105 cm³/mol. The SMILES string of the molecule is OC1=C(Cl)C=C(c2cnc(OCCc3ccc(Br)cc3)nn2)CC=C1Cl. The number of nitrogens with zero attached hydrogens (tertiary/aromatic N) is 3. The molecule has 3 rings (SSSR count). The summed E-state index contributed by atoms with van der Waals surface area (Å²) in [6.45, 7) is 0.451. The summed E-state index contributed by atoms with van der Waals surface area (Å²) in [6.07, 6.45) is 6.01. The van der Waals surface area contributed by atoms with Crippen LogP contribution in [0.15, 0.2) is 62.9 Å². The molecule has 1 aromatic carbocycles. The summed E-state index contributed by atoms with van der Waals surface area (Å²) in [7, 11) is 0. The van der Waals surface area contributed by atoms with Crippen molar-refractivity contribution in [3.05, 3.63) is 74.2 Å². The Bertz CT molecular complexity index is 878. The first-order valence-electron chi connectivity index (χ1n) is 7.75. The van der Waals surface area contributed by atoms with Gasteiger partial charge in [-0.15, -0.1) is 5.10 Å². The van der Waals surface area contributed by atoms with E-state index in [1.54, 1.807) is 18.3 Å². The molecule has 0 saturated carbocycles. The Morgan fingerprint density at radius 1 is 1.15 bits per heavy atom. The number of aliphatic hydroxyl groups is 1. The van der Waals surface area contributed by atoms with E-state index in [-0.39, 0.29) is 21.8 Å². The Morgan fingerprint density at radius 2 is 1.92 bits per heavy atom. The van der Waals surface area contributed by atoms with Crippen molar-refractivity contribution in [1.82, 2.24) is 15.2 Å². The molecule has 1 heterocycles. The normalized spacial score (nSPS) is 14.6. The Hall–Kier alpha value is -1.89. The molecular formula is C18H14BrCl2N3O2. The third-order valence-corrected chi connectivity index (χ3v) is 4.81. The fraction of sp³-hybridized carbons (Fsp3) is 0.167. The van der Waals surface area contributed by atoms with Crippen LogP contribution in [0.5, 0.6) is 6.01 Å². The lowest BCUT2D eigenvalue weighted by atomic mass is 10.1. The van der Waals surface area contributed by atoms with Crippen LogP contribution < -0.4 is 4.74 Å². The van der Waals surface area contributed by atoms with E-state index < -0.39 is 0 Å². The molecule has 0 atom stereocenters. The summed E-state index contributed by atoms with van der Waals surface area (Å²) >= 11 is 15.3. The van der Waals surface area contributed by atoms with Crippen LogP contribution in [0, 0.1) is 0 Å². The maximum absolute atomic E-state index is 9.77. The molecule has 0 spiro atoms. The Labute approximate surface area is 169 Å². The zero-order valence-corrected chi connectivity index (χ0v) is 16.6. The number of allylic oxidation sites excluding steroid dienone is 5. The molecule has 0 fully saturated rings. The van der Waals surface area contributed by atoms with Crippen molar-refractivity contribution in [2.24, 2.45) is 0 Å². The van der Waals surface area contributed by atoms with E-state index in [1.165, 1.54) is 0 Å². The second-order valence-corrected chi connectivity index (χ2v) is 7.20. The summed E-state index contributed by atoms with van der Waals surface area (Å²) in [6, 6.07) is 8.23. The minimum atomic E-state index is -0.155. The van der Waals surface area contributed by atoms with Gasteiger partial charge in [-0.25, -0.2) is 4.98 Å². The lowest BCUT2D eigenvalue weighted by molar-refractivity contribution is 0.291. The number of hydrogen-bond donors (Lipinski definition) is 1. The van der Waals surface area contributed by atoms with Crippen molar-refractivity contribution >= 4 is 44.7 Å². The lowest BCUT2D eigenvalue weighted by Gasteiger charge is -2.06. The molecule has 5 nitrogen and oxygen atoms in total. The van der Waals surface area contributed by atoms with Crippen LogP contribution in [0.1, 0.15) is 17.7 Å². The van der Waals surface area contributed by atoms with Crippen molar-refractivity contribution in [1.29, 1.82) is 0 Å². The summed E-state index contributed by atoms with van der Waals surface area (Å²) < 4.78 is 6.58. The van der Waals surface area contributed by atoms with E-state index in [0.29, 0.717) is 18.7 Å². The van der Waals surface area contributed by atoms with Gasteiger partial charge in [0.2, 0.25) is 0 Å². The van der Waals surface area contributed by atoms with Crippen molar-refractivity contribution in [3.63, 3.8) is 0 Å². The maximum Gasteiger partial charge on any atom is 0.335 e. The number of hydrogen-bond acceptors (Lipinski definition) is 5.